The highest BCUT2D eigenvalue weighted by Gasteiger charge is 2.37. The summed E-state index contributed by atoms with van der Waals surface area (Å²) < 4.78 is 11.1. The summed E-state index contributed by atoms with van der Waals surface area (Å²) in [5.74, 6) is 6.92. The van der Waals surface area contributed by atoms with Gasteiger partial charge in [0.15, 0.2) is 17.7 Å². The molecule has 134 valence electrons. The molecule has 0 saturated carbocycles. The van der Waals surface area contributed by atoms with Crippen molar-refractivity contribution in [2.24, 2.45) is 16.6 Å². The fraction of sp³-hybridized carbons (Fsp3) is 0.176. The molecule has 1 amide bonds. The first-order valence-electron chi connectivity index (χ1n) is 7.92. The number of hydrogen-bond donors (Lipinski definition) is 2. The Labute approximate surface area is 154 Å². The zero-order valence-electron chi connectivity index (χ0n) is 13.6. The van der Waals surface area contributed by atoms with Crippen LogP contribution in [0.5, 0.6) is 11.5 Å². The Bertz CT molecular complexity index is 904. The Morgan fingerprint density at radius 1 is 1.15 bits per heavy atom. The summed E-state index contributed by atoms with van der Waals surface area (Å²) in [5.41, 5.74) is 6.96. The molecule has 26 heavy (non-hydrogen) atoms. The minimum absolute atomic E-state index is 0.0164. The first-order valence-corrected chi connectivity index (χ1v) is 8.29. The number of fused-ring (bicyclic) bond motifs is 1. The third-order valence-corrected chi connectivity index (χ3v) is 4.44. The maximum absolute atomic E-state index is 12.8. The summed E-state index contributed by atoms with van der Waals surface area (Å²) in [6.45, 7) is 0.972. The average Bonchev–Trinajstić information content (AvgIpc) is 2.95. The molecule has 4 rings (SSSR count). The lowest BCUT2D eigenvalue weighted by Crippen LogP contribution is -2.52. The van der Waals surface area contributed by atoms with E-state index in [4.69, 9.17) is 32.7 Å². The molecule has 2 heterocycles. The summed E-state index contributed by atoms with van der Waals surface area (Å²) in [6, 6.07) is 12.0. The first kappa shape index (κ1) is 16.6. The number of carbonyl (C=O) groups excluding carboxylic acids is 1. The highest BCUT2D eigenvalue weighted by Crippen LogP contribution is 2.36. The van der Waals surface area contributed by atoms with Gasteiger partial charge in [0.05, 0.1) is 10.6 Å². The third kappa shape index (κ3) is 2.74. The van der Waals surface area contributed by atoms with Gasteiger partial charge in [-0.05, 0) is 29.8 Å². The lowest BCUT2D eigenvalue weighted by Gasteiger charge is -2.27. The van der Waals surface area contributed by atoms with Crippen LogP contribution in [0.15, 0.2) is 47.5 Å². The minimum atomic E-state index is -0.669. The van der Waals surface area contributed by atoms with Crippen LogP contribution in [0, 0.1) is 0 Å². The van der Waals surface area contributed by atoms with E-state index in [0.717, 1.165) is 5.01 Å². The zero-order chi connectivity index (χ0) is 18.3. The molecular formula is C17H16ClN5O3. The molecule has 1 atom stereocenters. The monoisotopic (exact) mass is 373 g/mol. The molecule has 0 radical (unpaired) electrons. The molecule has 0 bridgehead atoms. The number of ether oxygens (including phenoxy) is 2. The minimum Gasteiger partial charge on any atom is -0.486 e. The number of guanidine groups is 1. The zero-order valence-corrected chi connectivity index (χ0v) is 14.4. The smallest absolute Gasteiger partial charge is 0.278 e. The maximum atomic E-state index is 12.8. The van der Waals surface area contributed by atoms with E-state index in [2.05, 4.69) is 4.99 Å². The Balaban J connectivity index is 1.63. The van der Waals surface area contributed by atoms with E-state index in [9.17, 15) is 4.79 Å². The fourth-order valence-electron chi connectivity index (χ4n) is 2.87. The van der Waals surface area contributed by atoms with Crippen LogP contribution < -0.4 is 21.1 Å². The van der Waals surface area contributed by atoms with E-state index < -0.39 is 12.1 Å². The van der Waals surface area contributed by atoms with Gasteiger partial charge in [-0.15, -0.1) is 5.12 Å². The molecule has 0 fully saturated rings. The number of hydrogen-bond acceptors (Lipinski definition) is 7. The fourth-order valence-corrected chi connectivity index (χ4v) is 3.09. The quantitative estimate of drug-likeness (QED) is 0.775. The number of rotatable bonds is 2. The number of carbonyl (C=O) groups is 1. The highest BCUT2D eigenvalue weighted by molar-refractivity contribution is 6.34. The predicted molar refractivity (Wildman–Crippen MR) is 95.4 cm³/mol. The number of amides is 1. The van der Waals surface area contributed by atoms with Crippen molar-refractivity contribution < 1.29 is 14.3 Å². The molecule has 4 N–H and O–H groups in total. The summed E-state index contributed by atoms with van der Waals surface area (Å²) >= 11 is 6.11. The first-order chi connectivity index (χ1) is 12.6. The van der Waals surface area contributed by atoms with E-state index in [0.29, 0.717) is 35.3 Å². The van der Waals surface area contributed by atoms with E-state index in [1.165, 1.54) is 5.12 Å². The second-order valence-electron chi connectivity index (χ2n) is 5.74. The molecule has 2 aliphatic heterocycles. The normalized spacial score (nSPS) is 19.4. The Hall–Kier alpha value is -2.81. The average molecular weight is 374 g/mol. The second kappa shape index (κ2) is 6.49. The van der Waals surface area contributed by atoms with Gasteiger partial charge in [-0.1, -0.05) is 29.8 Å². The van der Waals surface area contributed by atoms with E-state index in [1.54, 1.807) is 42.5 Å². The maximum Gasteiger partial charge on any atom is 0.278 e. The van der Waals surface area contributed by atoms with Crippen molar-refractivity contribution in [3.8, 4) is 11.5 Å². The molecule has 2 aliphatic rings. The molecule has 0 saturated heterocycles. The van der Waals surface area contributed by atoms with Crippen molar-refractivity contribution >= 4 is 23.5 Å². The van der Waals surface area contributed by atoms with Gasteiger partial charge < -0.3 is 15.2 Å². The van der Waals surface area contributed by atoms with E-state index in [-0.39, 0.29) is 11.5 Å². The number of halogens is 1. The molecule has 0 aromatic heterocycles. The van der Waals surface area contributed by atoms with Crippen molar-refractivity contribution in [2.75, 3.05) is 13.2 Å². The van der Waals surface area contributed by atoms with Gasteiger partial charge >= 0.3 is 0 Å². The van der Waals surface area contributed by atoms with Gasteiger partial charge in [0, 0.05) is 0 Å². The molecule has 2 aromatic rings. The van der Waals surface area contributed by atoms with Crippen LogP contribution in [0.4, 0.5) is 0 Å². The van der Waals surface area contributed by atoms with Gasteiger partial charge in [-0.25, -0.2) is 10.8 Å². The SMILES string of the molecule is NC1=NC(c2ccc3c(c2)OCCO3)N(N)N1C(=O)c1ccccc1Cl. The van der Waals surface area contributed by atoms with Crippen molar-refractivity contribution in [3.05, 3.63) is 58.6 Å². The number of aliphatic imine (C=N–C) groups is 1. The lowest BCUT2D eigenvalue weighted by atomic mass is 10.1. The number of nitrogens with two attached hydrogens (primary N) is 2. The van der Waals surface area contributed by atoms with Gasteiger partial charge in [-0.3, -0.25) is 4.79 Å². The van der Waals surface area contributed by atoms with Crippen LogP contribution >= 0.6 is 11.6 Å². The molecular weight excluding hydrogens is 358 g/mol. The number of hydrazine groups is 2. The van der Waals surface area contributed by atoms with Gasteiger partial charge in [0.1, 0.15) is 13.2 Å². The van der Waals surface area contributed by atoms with Crippen LogP contribution in [-0.2, 0) is 0 Å². The topological polar surface area (TPSA) is 106 Å². The van der Waals surface area contributed by atoms with Gasteiger partial charge in [-0.2, -0.15) is 5.01 Å². The van der Waals surface area contributed by atoms with Crippen molar-refractivity contribution in [2.45, 2.75) is 6.17 Å². The molecule has 2 aromatic carbocycles. The third-order valence-electron chi connectivity index (χ3n) is 4.11. The predicted octanol–water partition coefficient (Wildman–Crippen LogP) is 1.67. The summed E-state index contributed by atoms with van der Waals surface area (Å²) in [5, 5.41) is 2.58. The molecule has 0 spiro atoms. The van der Waals surface area contributed by atoms with Crippen LogP contribution in [0.2, 0.25) is 5.02 Å². The second-order valence-corrected chi connectivity index (χ2v) is 6.15. The molecule has 1 unspecified atom stereocenters. The number of benzene rings is 2. The largest absolute Gasteiger partial charge is 0.486 e. The lowest BCUT2D eigenvalue weighted by molar-refractivity contribution is 0.0198. The van der Waals surface area contributed by atoms with Crippen LogP contribution in [0.3, 0.4) is 0 Å². The summed E-state index contributed by atoms with van der Waals surface area (Å²) in [4.78, 5) is 17.1. The van der Waals surface area contributed by atoms with Gasteiger partial charge in [0.25, 0.3) is 5.91 Å². The van der Waals surface area contributed by atoms with Crippen LogP contribution in [0.25, 0.3) is 0 Å². The molecule has 9 heteroatoms. The van der Waals surface area contributed by atoms with Crippen molar-refractivity contribution in [3.63, 3.8) is 0 Å². The highest BCUT2D eigenvalue weighted by atomic mass is 35.5. The van der Waals surface area contributed by atoms with Crippen molar-refractivity contribution in [1.82, 2.24) is 10.1 Å². The van der Waals surface area contributed by atoms with E-state index in [1.807, 2.05) is 0 Å². The molecule has 0 aliphatic carbocycles. The van der Waals surface area contributed by atoms with E-state index >= 15 is 0 Å². The van der Waals surface area contributed by atoms with Crippen LogP contribution in [0.1, 0.15) is 22.1 Å². The summed E-state index contributed by atoms with van der Waals surface area (Å²) in [6.07, 6.45) is -0.669. The Morgan fingerprint density at radius 2 is 1.88 bits per heavy atom. The Kier molecular flexibility index (Phi) is 4.15. The van der Waals surface area contributed by atoms with Crippen molar-refractivity contribution in [1.29, 1.82) is 0 Å². The van der Waals surface area contributed by atoms with Gasteiger partial charge in [0.2, 0.25) is 5.96 Å². The number of nitrogens with zero attached hydrogens (tertiary/aromatic N) is 3. The standard InChI is InChI=1S/C17H16ClN5O3/c18-12-4-2-1-3-11(12)16(24)22-17(19)21-15(23(22)20)10-5-6-13-14(9-10)26-8-7-25-13/h1-6,9,15H,7-8,20H2,(H2,19,21). The Morgan fingerprint density at radius 3 is 2.65 bits per heavy atom. The summed E-state index contributed by atoms with van der Waals surface area (Å²) in [7, 11) is 0. The van der Waals surface area contributed by atoms with Crippen LogP contribution in [-0.4, -0.2) is 35.2 Å². The molecule has 8 nitrogen and oxygen atoms in total.